The van der Waals surface area contributed by atoms with E-state index >= 15 is 0 Å². The summed E-state index contributed by atoms with van der Waals surface area (Å²) in [5, 5.41) is 0. The van der Waals surface area contributed by atoms with E-state index in [4.69, 9.17) is 19.3 Å². The summed E-state index contributed by atoms with van der Waals surface area (Å²) in [6.45, 7) is 0. The maximum absolute atomic E-state index is 5.39. The summed E-state index contributed by atoms with van der Waals surface area (Å²) in [6.07, 6.45) is 16.2. The summed E-state index contributed by atoms with van der Waals surface area (Å²) in [4.78, 5) is 0. The molecule has 0 N–H and O–H groups in total. The van der Waals surface area contributed by atoms with Crippen molar-refractivity contribution in [1.82, 2.24) is 0 Å². The van der Waals surface area contributed by atoms with E-state index in [-0.39, 0.29) is 0 Å². The normalized spacial score (nSPS) is 8.80. The predicted octanol–water partition coefficient (Wildman–Crippen LogP) is 3.92. The van der Waals surface area contributed by atoms with Gasteiger partial charge in [0.1, 0.15) is 0 Å². The lowest BCUT2D eigenvalue weighted by Gasteiger charge is -2.09. The summed E-state index contributed by atoms with van der Waals surface area (Å²) in [5.74, 6) is 7.55. The van der Waals surface area contributed by atoms with Crippen molar-refractivity contribution in [2.45, 2.75) is 0 Å². The highest BCUT2D eigenvalue weighted by molar-refractivity contribution is 9.14. The number of benzene rings is 1. The standard InChI is InChI=1S/C12H3Br3/c1-4-7-8(5-2)10(13)12(15)11(14)9(7)6-3/h1-3H. The average molecular weight is 387 g/mol. The fourth-order valence-corrected chi connectivity index (χ4v) is 2.76. The van der Waals surface area contributed by atoms with E-state index in [0.29, 0.717) is 16.7 Å². The van der Waals surface area contributed by atoms with E-state index < -0.39 is 0 Å². The van der Waals surface area contributed by atoms with E-state index in [0.717, 1.165) is 13.4 Å². The Morgan fingerprint density at radius 3 is 1.20 bits per heavy atom. The smallest absolute Gasteiger partial charge is 0.0579 e. The van der Waals surface area contributed by atoms with Gasteiger partial charge in [0.05, 0.1) is 16.7 Å². The first kappa shape index (κ1) is 12.4. The average Bonchev–Trinajstić information content (AvgIpc) is 2.25. The Hall–Kier alpha value is -0.660. The van der Waals surface area contributed by atoms with E-state index in [1.54, 1.807) is 0 Å². The van der Waals surface area contributed by atoms with E-state index in [1.165, 1.54) is 0 Å². The third kappa shape index (κ3) is 1.99. The van der Waals surface area contributed by atoms with Crippen molar-refractivity contribution in [2.24, 2.45) is 0 Å². The molecule has 1 rings (SSSR count). The SMILES string of the molecule is C#Cc1c(Br)c(Br)c(Br)c(C#C)c1C#C. The van der Waals surface area contributed by atoms with Gasteiger partial charge in [-0.2, -0.15) is 0 Å². The molecular weight excluding hydrogens is 384 g/mol. The maximum Gasteiger partial charge on any atom is 0.0579 e. The molecule has 0 heterocycles. The summed E-state index contributed by atoms with van der Waals surface area (Å²) < 4.78 is 2.22. The summed E-state index contributed by atoms with van der Waals surface area (Å²) >= 11 is 10.1. The van der Waals surface area contributed by atoms with Gasteiger partial charge in [-0.15, -0.1) is 19.3 Å². The minimum Gasteiger partial charge on any atom is -0.115 e. The van der Waals surface area contributed by atoms with Crippen LogP contribution in [0, 0.1) is 37.0 Å². The third-order valence-corrected chi connectivity index (χ3v) is 5.20. The molecule has 0 aliphatic heterocycles. The zero-order chi connectivity index (χ0) is 11.6. The van der Waals surface area contributed by atoms with Crippen LogP contribution < -0.4 is 0 Å². The first-order valence-corrected chi connectivity index (χ1v) is 6.06. The topological polar surface area (TPSA) is 0 Å². The highest BCUT2D eigenvalue weighted by Crippen LogP contribution is 2.38. The van der Waals surface area contributed by atoms with Gasteiger partial charge in [0.15, 0.2) is 0 Å². The molecule has 0 aliphatic carbocycles. The molecule has 0 saturated carbocycles. The van der Waals surface area contributed by atoms with Crippen LogP contribution in [0.25, 0.3) is 0 Å². The lowest BCUT2D eigenvalue weighted by Crippen LogP contribution is -1.94. The van der Waals surface area contributed by atoms with Gasteiger partial charge >= 0.3 is 0 Å². The molecule has 0 atom stereocenters. The van der Waals surface area contributed by atoms with Crippen molar-refractivity contribution < 1.29 is 0 Å². The highest BCUT2D eigenvalue weighted by Gasteiger charge is 2.16. The maximum atomic E-state index is 5.39. The van der Waals surface area contributed by atoms with Crippen LogP contribution in [0.15, 0.2) is 13.4 Å². The number of hydrogen-bond donors (Lipinski definition) is 0. The molecule has 0 aliphatic rings. The zero-order valence-corrected chi connectivity index (χ0v) is 12.1. The monoisotopic (exact) mass is 384 g/mol. The Kier molecular flexibility index (Phi) is 4.06. The number of rotatable bonds is 0. The summed E-state index contributed by atoms with van der Waals surface area (Å²) in [7, 11) is 0. The lowest BCUT2D eigenvalue weighted by molar-refractivity contribution is 1.43. The van der Waals surface area contributed by atoms with Gasteiger partial charge < -0.3 is 0 Å². The Morgan fingerprint density at radius 1 is 0.600 bits per heavy atom. The van der Waals surface area contributed by atoms with E-state index in [9.17, 15) is 0 Å². The molecule has 15 heavy (non-hydrogen) atoms. The van der Waals surface area contributed by atoms with Gasteiger partial charge in [-0.1, -0.05) is 17.8 Å². The van der Waals surface area contributed by atoms with Gasteiger partial charge in [0, 0.05) is 13.4 Å². The lowest BCUT2D eigenvalue weighted by atomic mass is 10.0. The molecule has 0 spiro atoms. The molecule has 0 saturated heterocycles. The van der Waals surface area contributed by atoms with Gasteiger partial charge in [-0.05, 0) is 47.8 Å². The first-order chi connectivity index (χ1) is 7.08. The van der Waals surface area contributed by atoms with Crippen molar-refractivity contribution >= 4 is 47.8 Å². The van der Waals surface area contributed by atoms with Crippen LogP contribution in [0.3, 0.4) is 0 Å². The predicted molar refractivity (Wildman–Crippen MR) is 73.3 cm³/mol. The Morgan fingerprint density at radius 2 is 0.933 bits per heavy atom. The quantitative estimate of drug-likeness (QED) is 0.468. The summed E-state index contributed by atoms with van der Waals surface area (Å²) in [6, 6.07) is 0. The van der Waals surface area contributed by atoms with Gasteiger partial charge in [-0.25, -0.2) is 0 Å². The molecule has 3 heteroatoms. The van der Waals surface area contributed by atoms with Crippen molar-refractivity contribution in [3.05, 3.63) is 30.1 Å². The molecule has 0 fully saturated rings. The second-order valence-corrected chi connectivity index (χ2v) is 4.88. The Labute approximate surface area is 114 Å². The van der Waals surface area contributed by atoms with Crippen molar-refractivity contribution in [2.75, 3.05) is 0 Å². The van der Waals surface area contributed by atoms with Crippen LogP contribution in [0.2, 0.25) is 0 Å². The highest BCUT2D eigenvalue weighted by atomic mass is 79.9. The molecule has 0 bridgehead atoms. The zero-order valence-electron chi connectivity index (χ0n) is 7.37. The van der Waals surface area contributed by atoms with Crippen molar-refractivity contribution in [3.8, 4) is 37.0 Å². The minimum atomic E-state index is 0.543. The van der Waals surface area contributed by atoms with Crippen molar-refractivity contribution in [3.63, 3.8) is 0 Å². The van der Waals surface area contributed by atoms with E-state index in [2.05, 4.69) is 65.6 Å². The molecule has 72 valence electrons. The van der Waals surface area contributed by atoms with Gasteiger partial charge in [0.25, 0.3) is 0 Å². The second-order valence-electron chi connectivity index (χ2n) is 2.50. The van der Waals surface area contributed by atoms with Crippen LogP contribution >= 0.6 is 47.8 Å². The molecule has 0 amide bonds. The van der Waals surface area contributed by atoms with Crippen LogP contribution in [-0.2, 0) is 0 Å². The van der Waals surface area contributed by atoms with Gasteiger partial charge in [0.2, 0.25) is 0 Å². The van der Waals surface area contributed by atoms with Crippen LogP contribution in [0.5, 0.6) is 0 Å². The molecule has 0 radical (unpaired) electrons. The number of hydrogen-bond acceptors (Lipinski definition) is 0. The Bertz CT molecular complexity index is 507. The van der Waals surface area contributed by atoms with Crippen LogP contribution in [-0.4, -0.2) is 0 Å². The molecule has 0 aromatic heterocycles. The molecule has 1 aromatic rings. The minimum absolute atomic E-state index is 0.543. The van der Waals surface area contributed by atoms with Crippen LogP contribution in [0.4, 0.5) is 0 Å². The Balaban J connectivity index is 3.90. The largest absolute Gasteiger partial charge is 0.115 e. The molecule has 0 unspecified atom stereocenters. The molecule has 0 nitrogen and oxygen atoms in total. The van der Waals surface area contributed by atoms with Crippen molar-refractivity contribution in [1.29, 1.82) is 0 Å². The fourth-order valence-electron chi connectivity index (χ4n) is 1.08. The second kappa shape index (κ2) is 4.91. The molecular formula is C12H3Br3. The van der Waals surface area contributed by atoms with E-state index in [1.807, 2.05) is 0 Å². The number of halogens is 3. The third-order valence-electron chi connectivity index (χ3n) is 1.76. The number of terminal acetylenes is 3. The molecule has 1 aromatic carbocycles. The van der Waals surface area contributed by atoms with Gasteiger partial charge in [-0.3, -0.25) is 0 Å². The summed E-state index contributed by atoms with van der Waals surface area (Å²) in [5.41, 5.74) is 1.71. The van der Waals surface area contributed by atoms with Crippen LogP contribution in [0.1, 0.15) is 16.7 Å². The first-order valence-electron chi connectivity index (χ1n) is 3.68. The fraction of sp³-hybridized carbons (Fsp3) is 0.